The van der Waals surface area contributed by atoms with Gasteiger partial charge in [0.2, 0.25) is 5.56 Å². The fourth-order valence-corrected chi connectivity index (χ4v) is 1.28. The summed E-state index contributed by atoms with van der Waals surface area (Å²) in [5.41, 5.74) is -0.169. The molecule has 0 atom stereocenters. The average Bonchev–Trinajstić information content (AvgIpc) is 2.29. The molecule has 0 amide bonds. The lowest BCUT2D eigenvalue weighted by molar-refractivity contribution is 0.0303. The third-order valence-electron chi connectivity index (χ3n) is 2.08. The van der Waals surface area contributed by atoms with E-state index in [4.69, 9.17) is 11.6 Å². The standard InChI is InChI=1S/C7H16FN.C5H4ClNO/c1-3-5-6-7-9(8)4-2;6-4-2-1-3-5(8)7-4/h3-7H2,1-2H3;1-3H,(H,7,8). The van der Waals surface area contributed by atoms with Crippen LogP contribution in [0.1, 0.15) is 33.1 Å². The summed E-state index contributed by atoms with van der Waals surface area (Å²) >= 11 is 5.39. The highest BCUT2D eigenvalue weighted by Crippen LogP contribution is 1.97. The van der Waals surface area contributed by atoms with E-state index < -0.39 is 0 Å². The third-order valence-corrected chi connectivity index (χ3v) is 2.30. The van der Waals surface area contributed by atoms with Crippen LogP contribution in [0.15, 0.2) is 23.0 Å². The first kappa shape index (κ1) is 16.1. The Morgan fingerprint density at radius 1 is 1.35 bits per heavy atom. The van der Waals surface area contributed by atoms with Gasteiger partial charge in [-0.15, -0.1) is 9.60 Å². The number of rotatable bonds is 5. The number of halogens is 2. The van der Waals surface area contributed by atoms with E-state index in [-0.39, 0.29) is 5.56 Å². The number of aromatic nitrogens is 1. The Bertz CT molecular complexity index is 343. The zero-order valence-corrected chi connectivity index (χ0v) is 11.1. The molecule has 0 radical (unpaired) electrons. The van der Waals surface area contributed by atoms with Crippen LogP contribution in [0.5, 0.6) is 0 Å². The Kier molecular flexibility index (Phi) is 9.77. The van der Waals surface area contributed by atoms with Crippen molar-refractivity contribution in [2.75, 3.05) is 13.1 Å². The summed E-state index contributed by atoms with van der Waals surface area (Å²) in [5.74, 6) is 0. The van der Waals surface area contributed by atoms with Crippen molar-refractivity contribution in [1.82, 2.24) is 10.1 Å². The van der Waals surface area contributed by atoms with Crippen molar-refractivity contribution in [2.45, 2.75) is 33.1 Å². The summed E-state index contributed by atoms with van der Waals surface area (Å²) in [6, 6.07) is 4.62. The maximum atomic E-state index is 12.3. The summed E-state index contributed by atoms with van der Waals surface area (Å²) in [5, 5.41) is 1.23. The SMILES string of the molecule is CCCCCN(F)CC.O=c1cccc(Cl)[nH]1. The molecule has 0 unspecified atom stereocenters. The lowest BCUT2D eigenvalue weighted by atomic mass is 10.2. The lowest BCUT2D eigenvalue weighted by Gasteiger charge is -2.06. The Balaban J connectivity index is 0.000000302. The molecule has 98 valence electrons. The monoisotopic (exact) mass is 262 g/mol. The summed E-state index contributed by atoms with van der Waals surface area (Å²) in [6.45, 7) is 5.06. The number of aromatic amines is 1. The normalized spacial score (nSPS) is 9.94. The molecule has 3 nitrogen and oxygen atoms in total. The number of nitrogens with one attached hydrogen (secondary N) is 1. The molecule has 0 saturated heterocycles. The minimum Gasteiger partial charge on any atom is -0.313 e. The van der Waals surface area contributed by atoms with Crippen molar-refractivity contribution in [1.29, 1.82) is 0 Å². The minimum absolute atomic E-state index is 0.169. The molecule has 1 N–H and O–H groups in total. The molecule has 1 aromatic rings. The third kappa shape index (κ3) is 10.0. The van der Waals surface area contributed by atoms with Crippen LogP contribution in [0.2, 0.25) is 5.15 Å². The fourth-order valence-electron chi connectivity index (χ4n) is 1.11. The maximum Gasteiger partial charge on any atom is 0.249 e. The van der Waals surface area contributed by atoms with Crippen LogP contribution in [0.4, 0.5) is 4.48 Å². The number of H-pyrrole nitrogens is 1. The van der Waals surface area contributed by atoms with Crippen LogP contribution >= 0.6 is 11.6 Å². The summed E-state index contributed by atoms with van der Waals surface area (Å²) in [7, 11) is 0. The van der Waals surface area contributed by atoms with Crippen molar-refractivity contribution in [3.63, 3.8) is 0 Å². The Labute approximate surface area is 107 Å². The van der Waals surface area contributed by atoms with Crippen LogP contribution < -0.4 is 5.56 Å². The average molecular weight is 263 g/mol. The molecular weight excluding hydrogens is 243 g/mol. The van der Waals surface area contributed by atoms with Gasteiger partial charge in [-0.1, -0.05) is 37.4 Å². The molecule has 0 fully saturated rings. The summed E-state index contributed by atoms with van der Waals surface area (Å²) in [6.07, 6.45) is 3.29. The summed E-state index contributed by atoms with van der Waals surface area (Å²) < 4.78 is 12.3. The van der Waals surface area contributed by atoms with Gasteiger partial charge < -0.3 is 4.98 Å². The molecule has 17 heavy (non-hydrogen) atoms. The van der Waals surface area contributed by atoms with E-state index in [1.165, 1.54) is 6.07 Å². The van der Waals surface area contributed by atoms with Crippen molar-refractivity contribution in [2.24, 2.45) is 0 Å². The largest absolute Gasteiger partial charge is 0.313 e. The topological polar surface area (TPSA) is 36.1 Å². The van der Waals surface area contributed by atoms with Gasteiger partial charge in [-0.3, -0.25) is 4.79 Å². The van der Waals surface area contributed by atoms with Crippen molar-refractivity contribution < 1.29 is 4.48 Å². The van der Waals surface area contributed by atoms with E-state index in [2.05, 4.69) is 11.9 Å². The molecule has 0 aliphatic rings. The molecule has 1 heterocycles. The number of nitrogens with zero attached hydrogens (tertiary/aromatic N) is 1. The number of hydrogen-bond donors (Lipinski definition) is 1. The summed E-state index contributed by atoms with van der Waals surface area (Å²) in [4.78, 5) is 12.7. The van der Waals surface area contributed by atoms with E-state index in [0.29, 0.717) is 18.2 Å². The smallest absolute Gasteiger partial charge is 0.249 e. The van der Waals surface area contributed by atoms with E-state index in [9.17, 15) is 9.28 Å². The number of pyridine rings is 1. The number of hydrogen-bond acceptors (Lipinski definition) is 2. The molecule has 1 rings (SSSR count). The van der Waals surface area contributed by atoms with Crippen LogP contribution in [0.25, 0.3) is 0 Å². The van der Waals surface area contributed by atoms with Gasteiger partial charge in [-0.05, 0) is 19.4 Å². The van der Waals surface area contributed by atoms with Gasteiger partial charge >= 0.3 is 0 Å². The van der Waals surface area contributed by atoms with E-state index in [1.54, 1.807) is 12.1 Å². The predicted molar refractivity (Wildman–Crippen MR) is 70.0 cm³/mol. The van der Waals surface area contributed by atoms with Crippen LogP contribution in [0.3, 0.4) is 0 Å². The second-order valence-electron chi connectivity index (χ2n) is 3.57. The van der Waals surface area contributed by atoms with Gasteiger partial charge in [0.25, 0.3) is 0 Å². The van der Waals surface area contributed by atoms with Crippen molar-refractivity contribution in [3.8, 4) is 0 Å². The van der Waals surface area contributed by atoms with Gasteiger partial charge in [-0.2, -0.15) is 0 Å². The zero-order valence-electron chi connectivity index (χ0n) is 10.4. The van der Waals surface area contributed by atoms with E-state index in [0.717, 1.165) is 24.4 Å². The maximum absolute atomic E-state index is 12.3. The Morgan fingerprint density at radius 3 is 2.47 bits per heavy atom. The van der Waals surface area contributed by atoms with Crippen molar-refractivity contribution >= 4 is 11.6 Å². The molecule has 0 spiro atoms. The molecular formula is C12H20ClFN2O. The van der Waals surface area contributed by atoms with Gasteiger partial charge in [0.05, 0.1) is 0 Å². The van der Waals surface area contributed by atoms with Crippen molar-refractivity contribution in [3.05, 3.63) is 33.7 Å². The second kappa shape index (κ2) is 10.3. The van der Waals surface area contributed by atoms with Gasteiger partial charge in [0.15, 0.2) is 0 Å². The predicted octanol–water partition coefficient (Wildman–Crippen LogP) is 3.41. The lowest BCUT2D eigenvalue weighted by Crippen LogP contribution is -2.13. The zero-order chi connectivity index (χ0) is 13.1. The minimum atomic E-state index is -0.169. The fraction of sp³-hybridized carbons (Fsp3) is 0.583. The molecule has 0 aliphatic heterocycles. The Morgan fingerprint density at radius 2 is 2.06 bits per heavy atom. The highest BCUT2D eigenvalue weighted by atomic mass is 35.5. The second-order valence-corrected chi connectivity index (χ2v) is 3.98. The van der Waals surface area contributed by atoms with Gasteiger partial charge in [0.1, 0.15) is 5.15 Å². The molecule has 5 heteroatoms. The molecule has 0 bridgehead atoms. The van der Waals surface area contributed by atoms with Gasteiger partial charge in [-0.25, -0.2) is 0 Å². The first-order valence-corrected chi connectivity index (χ1v) is 6.23. The van der Waals surface area contributed by atoms with Crippen LogP contribution in [-0.2, 0) is 0 Å². The van der Waals surface area contributed by atoms with E-state index in [1.807, 2.05) is 6.92 Å². The van der Waals surface area contributed by atoms with Crippen LogP contribution in [0, 0.1) is 0 Å². The Hall–Kier alpha value is -0.870. The van der Waals surface area contributed by atoms with E-state index >= 15 is 0 Å². The molecule has 0 aliphatic carbocycles. The first-order valence-electron chi connectivity index (χ1n) is 5.85. The first-order chi connectivity index (χ1) is 8.10. The molecule has 1 aromatic heterocycles. The molecule has 0 saturated carbocycles. The highest BCUT2D eigenvalue weighted by Gasteiger charge is 1.95. The quantitative estimate of drug-likeness (QED) is 0.501. The van der Waals surface area contributed by atoms with Gasteiger partial charge in [0, 0.05) is 19.2 Å². The van der Waals surface area contributed by atoms with Crippen LogP contribution in [-0.4, -0.2) is 23.2 Å². The highest BCUT2D eigenvalue weighted by molar-refractivity contribution is 6.29. The number of unbranched alkanes of at least 4 members (excludes halogenated alkanes) is 2. The molecule has 0 aromatic carbocycles.